The summed E-state index contributed by atoms with van der Waals surface area (Å²) in [5, 5.41) is 3.19. The summed E-state index contributed by atoms with van der Waals surface area (Å²) in [5.74, 6) is 0.312. The average molecular weight is 461 g/mol. The molecule has 0 bridgehead atoms. The number of aromatic nitrogens is 2. The van der Waals surface area contributed by atoms with E-state index in [1.807, 2.05) is 0 Å². The first-order chi connectivity index (χ1) is 14.7. The van der Waals surface area contributed by atoms with Gasteiger partial charge in [0.25, 0.3) is 11.5 Å². The first kappa shape index (κ1) is 21.7. The van der Waals surface area contributed by atoms with Gasteiger partial charge in [-0.2, -0.15) is 0 Å². The van der Waals surface area contributed by atoms with Gasteiger partial charge in [0.15, 0.2) is 0 Å². The Morgan fingerprint density at radius 2 is 1.94 bits per heavy atom. The number of anilines is 1. The highest BCUT2D eigenvalue weighted by molar-refractivity contribution is 7.89. The maximum atomic E-state index is 13.1. The summed E-state index contributed by atoms with van der Waals surface area (Å²) in [6, 6.07) is 6.27. The second kappa shape index (κ2) is 8.18. The molecule has 1 amide bonds. The second-order valence-corrected chi connectivity index (χ2v) is 10.9. The summed E-state index contributed by atoms with van der Waals surface area (Å²) in [7, 11) is -0.860. The number of thiophene rings is 1. The molecule has 31 heavy (non-hydrogen) atoms. The van der Waals surface area contributed by atoms with Crippen LogP contribution in [0, 0.1) is 6.92 Å². The van der Waals surface area contributed by atoms with Gasteiger partial charge < -0.3 is 5.32 Å². The number of amides is 1. The summed E-state index contributed by atoms with van der Waals surface area (Å²) in [4.78, 5) is 31.8. The van der Waals surface area contributed by atoms with Gasteiger partial charge in [-0.25, -0.2) is 17.7 Å². The van der Waals surface area contributed by atoms with Gasteiger partial charge in [0, 0.05) is 27.1 Å². The number of carbonyl (C=O) groups excluding carboxylic acids is 1. The Morgan fingerprint density at radius 3 is 2.68 bits per heavy atom. The SMILES string of the molecule is Cc1c(C(=O)Nc2ccccc2S(=O)(=O)N(C)C)sc2nc3n(c(=O)c12)CCCCC3. The molecule has 3 aromatic rings. The molecule has 8 nitrogen and oxygen atoms in total. The van der Waals surface area contributed by atoms with Gasteiger partial charge in [0.2, 0.25) is 10.0 Å². The van der Waals surface area contributed by atoms with E-state index in [1.54, 1.807) is 29.7 Å². The lowest BCUT2D eigenvalue weighted by molar-refractivity contribution is 0.103. The third kappa shape index (κ3) is 3.79. The molecule has 0 aliphatic carbocycles. The Balaban J connectivity index is 1.76. The Hall–Kier alpha value is -2.56. The fourth-order valence-electron chi connectivity index (χ4n) is 3.80. The van der Waals surface area contributed by atoms with Crippen LogP contribution in [-0.4, -0.2) is 42.3 Å². The van der Waals surface area contributed by atoms with Crippen molar-refractivity contribution in [3.63, 3.8) is 0 Å². The number of hydrogen-bond acceptors (Lipinski definition) is 6. The number of sulfonamides is 1. The van der Waals surface area contributed by atoms with Crippen LogP contribution in [0.4, 0.5) is 5.69 Å². The maximum Gasteiger partial charge on any atom is 0.266 e. The molecule has 0 saturated heterocycles. The molecule has 0 spiro atoms. The minimum atomic E-state index is -3.74. The quantitative estimate of drug-likeness (QED) is 0.645. The van der Waals surface area contributed by atoms with Gasteiger partial charge in [-0.15, -0.1) is 11.3 Å². The van der Waals surface area contributed by atoms with E-state index in [2.05, 4.69) is 10.3 Å². The highest BCUT2D eigenvalue weighted by Gasteiger charge is 2.25. The molecule has 1 aliphatic rings. The molecule has 0 fully saturated rings. The van der Waals surface area contributed by atoms with Gasteiger partial charge in [-0.3, -0.25) is 14.2 Å². The third-order valence-electron chi connectivity index (χ3n) is 5.51. The zero-order valence-corrected chi connectivity index (χ0v) is 19.3. The van der Waals surface area contributed by atoms with Gasteiger partial charge in [0.1, 0.15) is 15.6 Å². The number of carbonyl (C=O) groups is 1. The Morgan fingerprint density at radius 1 is 1.19 bits per heavy atom. The normalized spacial score (nSPS) is 14.5. The van der Waals surface area contributed by atoms with Crippen molar-refractivity contribution in [2.75, 3.05) is 19.4 Å². The van der Waals surface area contributed by atoms with Crippen molar-refractivity contribution < 1.29 is 13.2 Å². The standard InChI is InChI=1S/C21H24N4O4S2/c1-13-17-20(23-16-11-5-4-8-12-25(16)21(17)27)30-18(13)19(26)22-14-9-6-7-10-15(14)31(28,29)24(2)3/h6-7,9-10H,4-5,8,11-12H2,1-3H3,(H,22,26). The van der Waals surface area contributed by atoms with Gasteiger partial charge >= 0.3 is 0 Å². The van der Waals surface area contributed by atoms with Crippen LogP contribution in [0.2, 0.25) is 0 Å². The lowest BCUT2D eigenvalue weighted by Gasteiger charge is -2.15. The summed E-state index contributed by atoms with van der Waals surface area (Å²) in [5.41, 5.74) is 0.659. The molecule has 1 N–H and O–H groups in total. The summed E-state index contributed by atoms with van der Waals surface area (Å²) < 4.78 is 28.1. The smallest absolute Gasteiger partial charge is 0.266 e. The topological polar surface area (TPSA) is 101 Å². The number of nitrogens with one attached hydrogen (secondary N) is 1. The van der Waals surface area contributed by atoms with Crippen molar-refractivity contribution >= 4 is 43.2 Å². The Bertz CT molecular complexity index is 1340. The second-order valence-electron chi connectivity index (χ2n) is 7.77. The monoisotopic (exact) mass is 460 g/mol. The van der Waals surface area contributed by atoms with E-state index in [9.17, 15) is 18.0 Å². The number of fused-ring (bicyclic) bond motifs is 2. The number of rotatable bonds is 4. The van der Waals surface area contributed by atoms with Crippen LogP contribution in [0.3, 0.4) is 0 Å². The number of para-hydroxylation sites is 1. The number of hydrogen-bond donors (Lipinski definition) is 1. The predicted molar refractivity (Wildman–Crippen MR) is 121 cm³/mol. The lowest BCUT2D eigenvalue weighted by atomic mass is 10.2. The van der Waals surface area contributed by atoms with Crippen molar-refractivity contribution in [3.05, 3.63) is 50.9 Å². The summed E-state index contributed by atoms with van der Waals surface area (Å²) in [6.07, 6.45) is 3.75. The third-order valence-corrected chi connectivity index (χ3v) is 8.57. The fraction of sp³-hybridized carbons (Fsp3) is 0.381. The maximum absolute atomic E-state index is 13.1. The summed E-state index contributed by atoms with van der Waals surface area (Å²) in [6.45, 7) is 2.38. The van der Waals surface area contributed by atoms with E-state index in [0.717, 1.165) is 35.8 Å². The molecular weight excluding hydrogens is 436 g/mol. The van der Waals surface area contributed by atoms with Gasteiger partial charge in [0.05, 0.1) is 16.0 Å². The van der Waals surface area contributed by atoms with Crippen molar-refractivity contribution in [3.8, 4) is 0 Å². The van der Waals surface area contributed by atoms with Crippen LogP contribution in [0.1, 0.15) is 40.3 Å². The van der Waals surface area contributed by atoms with Crippen LogP contribution in [-0.2, 0) is 23.0 Å². The van der Waals surface area contributed by atoms with Gasteiger partial charge in [-0.05, 0) is 37.5 Å². The largest absolute Gasteiger partial charge is 0.320 e. The minimum absolute atomic E-state index is 0.0111. The predicted octanol–water partition coefficient (Wildman–Crippen LogP) is 3.00. The van der Waals surface area contributed by atoms with Crippen LogP contribution in [0.25, 0.3) is 10.2 Å². The molecule has 0 saturated carbocycles. The van der Waals surface area contributed by atoms with E-state index in [-0.39, 0.29) is 16.1 Å². The number of nitrogens with zero attached hydrogens (tertiary/aromatic N) is 3. The first-order valence-corrected chi connectivity index (χ1v) is 12.3. The lowest BCUT2D eigenvalue weighted by Crippen LogP contribution is -2.24. The van der Waals surface area contributed by atoms with Crippen molar-refractivity contribution in [1.82, 2.24) is 13.9 Å². The molecule has 2 aromatic heterocycles. The Labute approximate surface area is 184 Å². The highest BCUT2D eigenvalue weighted by atomic mass is 32.2. The van der Waals surface area contributed by atoms with Crippen LogP contribution >= 0.6 is 11.3 Å². The van der Waals surface area contributed by atoms with Crippen molar-refractivity contribution in [1.29, 1.82) is 0 Å². The molecule has 4 rings (SSSR count). The van der Waals surface area contributed by atoms with E-state index < -0.39 is 15.9 Å². The van der Waals surface area contributed by atoms with E-state index in [0.29, 0.717) is 27.2 Å². The minimum Gasteiger partial charge on any atom is -0.320 e. The first-order valence-electron chi connectivity index (χ1n) is 10.1. The molecule has 1 aromatic carbocycles. The zero-order valence-electron chi connectivity index (χ0n) is 17.6. The van der Waals surface area contributed by atoms with Crippen LogP contribution < -0.4 is 10.9 Å². The molecule has 164 valence electrons. The number of aryl methyl sites for hydroxylation is 2. The molecule has 0 atom stereocenters. The van der Waals surface area contributed by atoms with Crippen molar-refractivity contribution in [2.24, 2.45) is 0 Å². The molecule has 3 heterocycles. The summed E-state index contributed by atoms with van der Waals surface area (Å²) >= 11 is 1.17. The van der Waals surface area contributed by atoms with E-state index in [1.165, 1.54) is 31.5 Å². The average Bonchev–Trinajstić information content (AvgIpc) is 2.89. The van der Waals surface area contributed by atoms with Gasteiger partial charge in [-0.1, -0.05) is 18.6 Å². The molecular formula is C21H24N4O4S2. The van der Waals surface area contributed by atoms with Crippen LogP contribution in [0.5, 0.6) is 0 Å². The molecule has 0 unspecified atom stereocenters. The fourth-order valence-corrected chi connectivity index (χ4v) is 5.92. The molecule has 0 radical (unpaired) electrons. The number of benzene rings is 1. The Kier molecular flexibility index (Phi) is 5.71. The van der Waals surface area contributed by atoms with Crippen LogP contribution in [0.15, 0.2) is 34.0 Å². The van der Waals surface area contributed by atoms with E-state index >= 15 is 0 Å². The zero-order chi connectivity index (χ0) is 22.3. The molecule has 10 heteroatoms. The van der Waals surface area contributed by atoms with Crippen molar-refractivity contribution in [2.45, 2.75) is 44.0 Å². The van der Waals surface area contributed by atoms with E-state index in [4.69, 9.17) is 0 Å². The highest BCUT2D eigenvalue weighted by Crippen LogP contribution is 2.30. The molecule has 1 aliphatic heterocycles.